The van der Waals surface area contributed by atoms with Gasteiger partial charge in [0.05, 0.1) is 6.04 Å². The van der Waals surface area contributed by atoms with Crippen LogP contribution < -0.4 is 5.32 Å². The molecule has 17 heavy (non-hydrogen) atoms. The molecule has 96 valence electrons. The van der Waals surface area contributed by atoms with Gasteiger partial charge >= 0.3 is 0 Å². The van der Waals surface area contributed by atoms with Crippen molar-refractivity contribution >= 4 is 0 Å². The van der Waals surface area contributed by atoms with Crippen LogP contribution in [0.15, 0.2) is 18.2 Å². The molecule has 0 aliphatic heterocycles. The minimum atomic E-state index is 0.0767. The van der Waals surface area contributed by atoms with Crippen LogP contribution in [0.25, 0.3) is 0 Å². The highest BCUT2D eigenvalue weighted by Crippen LogP contribution is 2.31. The summed E-state index contributed by atoms with van der Waals surface area (Å²) in [6.45, 7) is 8.93. The van der Waals surface area contributed by atoms with Crippen molar-refractivity contribution in [2.75, 3.05) is 21.1 Å². The Morgan fingerprint density at radius 3 is 2.24 bits per heavy atom. The number of hydrogen-bond donors (Lipinski definition) is 1. The predicted octanol–water partition coefficient (Wildman–Crippen LogP) is 2.90. The number of hydrogen-bond acceptors (Lipinski definition) is 2. The van der Waals surface area contributed by atoms with E-state index in [1.165, 1.54) is 16.7 Å². The monoisotopic (exact) mass is 234 g/mol. The van der Waals surface area contributed by atoms with Crippen LogP contribution in [-0.2, 0) is 0 Å². The van der Waals surface area contributed by atoms with E-state index < -0.39 is 0 Å². The molecule has 0 amide bonds. The van der Waals surface area contributed by atoms with Crippen LogP contribution in [-0.4, -0.2) is 31.6 Å². The molecular formula is C15H26N2. The molecule has 1 aromatic carbocycles. The molecule has 0 radical (unpaired) electrons. The molecule has 0 saturated heterocycles. The minimum absolute atomic E-state index is 0.0767. The number of likely N-dealkylation sites (N-methyl/N-ethyl adjacent to an activating group) is 2. The molecule has 1 aromatic rings. The van der Waals surface area contributed by atoms with E-state index in [-0.39, 0.29) is 5.54 Å². The second-order valence-corrected chi connectivity index (χ2v) is 5.56. The highest BCUT2D eigenvalue weighted by molar-refractivity contribution is 5.36. The number of nitrogens with zero attached hydrogens (tertiary/aromatic N) is 1. The van der Waals surface area contributed by atoms with Crippen molar-refractivity contribution in [1.29, 1.82) is 0 Å². The van der Waals surface area contributed by atoms with Crippen molar-refractivity contribution in [2.24, 2.45) is 0 Å². The van der Waals surface area contributed by atoms with E-state index in [1.807, 2.05) is 7.05 Å². The Hall–Kier alpha value is -0.860. The molecule has 1 atom stereocenters. The fraction of sp³-hybridized carbons (Fsp3) is 0.600. The van der Waals surface area contributed by atoms with Crippen LogP contribution in [0.3, 0.4) is 0 Å². The van der Waals surface area contributed by atoms with Gasteiger partial charge in [-0.25, -0.2) is 0 Å². The first kappa shape index (κ1) is 14.2. The second-order valence-electron chi connectivity index (χ2n) is 5.56. The first-order chi connectivity index (χ1) is 7.82. The maximum Gasteiger partial charge on any atom is 0.0501 e. The van der Waals surface area contributed by atoms with Crippen molar-refractivity contribution < 1.29 is 0 Å². The number of nitrogens with one attached hydrogen (secondary N) is 1. The Morgan fingerprint density at radius 1 is 1.18 bits per heavy atom. The zero-order valence-electron chi connectivity index (χ0n) is 12.3. The van der Waals surface area contributed by atoms with Gasteiger partial charge in [-0.2, -0.15) is 0 Å². The Labute approximate surface area is 106 Å². The Kier molecular flexibility index (Phi) is 4.34. The molecule has 0 aliphatic rings. The van der Waals surface area contributed by atoms with Gasteiger partial charge < -0.3 is 10.2 Å². The molecule has 0 spiro atoms. The molecule has 2 heteroatoms. The molecule has 0 bridgehead atoms. The summed E-state index contributed by atoms with van der Waals surface area (Å²) in [4.78, 5) is 2.27. The average molecular weight is 234 g/mol. The third-order valence-corrected chi connectivity index (χ3v) is 4.11. The normalized spacial score (nSPS) is 14.1. The number of rotatable bonds is 4. The molecule has 1 unspecified atom stereocenters. The summed E-state index contributed by atoms with van der Waals surface area (Å²) in [6, 6.07) is 6.88. The summed E-state index contributed by atoms with van der Waals surface area (Å²) in [6.07, 6.45) is 0. The number of benzene rings is 1. The summed E-state index contributed by atoms with van der Waals surface area (Å²) in [5.41, 5.74) is 4.22. The van der Waals surface area contributed by atoms with Gasteiger partial charge in [-0.3, -0.25) is 0 Å². The standard InChI is InChI=1S/C15H26N2/c1-11-9-8-10-13(12(11)2)14(16-5)15(3,4)17(6)7/h8-10,14,16H,1-7H3. The highest BCUT2D eigenvalue weighted by atomic mass is 15.2. The summed E-state index contributed by atoms with van der Waals surface area (Å²) in [5.74, 6) is 0. The highest BCUT2D eigenvalue weighted by Gasteiger charge is 2.32. The third kappa shape index (κ3) is 2.70. The molecule has 0 fully saturated rings. The molecule has 0 saturated carbocycles. The molecule has 0 heterocycles. The largest absolute Gasteiger partial charge is 0.311 e. The second kappa shape index (κ2) is 5.19. The van der Waals surface area contributed by atoms with Crippen molar-refractivity contribution in [3.05, 3.63) is 34.9 Å². The molecule has 0 aromatic heterocycles. The fourth-order valence-corrected chi connectivity index (χ4v) is 2.23. The van der Waals surface area contributed by atoms with E-state index in [9.17, 15) is 0 Å². The van der Waals surface area contributed by atoms with Crippen LogP contribution in [0.5, 0.6) is 0 Å². The van der Waals surface area contributed by atoms with E-state index in [4.69, 9.17) is 0 Å². The van der Waals surface area contributed by atoms with Gasteiger partial charge in [0, 0.05) is 5.54 Å². The van der Waals surface area contributed by atoms with Crippen molar-refractivity contribution in [2.45, 2.75) is 39.3 Å². The van der Waals surface area contributed by atoms with Gasteiger partial charge in [-0.15, -0.1) is 0 Å². The fourth-order valence-electron chi connectivity index (χ4n) is 2.23. The average Bonchev–Trinajstić information content (AvgIpc) is 2.24. The quantitative estimate of drug-likeness (QED) is 0.862. The molecule has 2 nitrogen and oxygen atoms in total. The molecule has 0 aliphatic carbocycles. The van der Waals surface area contributed by atoms with Gasteiger partial charge in [0.15, 0.2) is 0 Å². The third-order valence-electron chi connectivity index (χ3n) is 4.11. The summed E-state index contributed by atoms with van der Waals surface area (Å²) in [7, 11) is 6.31. The van der Waals surface area contributed by atoms with Gasteiger partial charge in [0.25, 0.3) is 0 Å². The first-order valence-electron chi connectivity index (χ1n) is 6.23. The SMILES string of the molecule is CNC(c1cccc(C)c1C)C(C)(C)N(C)C. The van der Waals surface area contributed by atoms with E-state index in [1.54, 1.807) is 0 Å². The van der Waals surface area contributed by atoms with Crippen LogP contribution in [0.2, 0.25) is 0 Å². The minimum Gasteiger partial charge on any atom is -0.311 e. The summed E-state index contributed by atoms with van der Waals surface area (Å²) in [5, 5.41) is 3.47. The van der Waals surface area contributed by atoms with E-state index in [0.29, 0.717) is 6.04 Å². The molecular weight excluding hydrogens is 208 g/mol. The summed E-state index contributed by atoms with van der Waals surface area (Å²) >= 11 is 0. The summed E-state index contributed by atoms with van der Waals surface area (Å²) < 4.78 is 0. The smallest absolute Gasteiger partial charge is 0.0501 e. The zero-order chi connectivity index (χ0) is 13.2. The van der Waals surface area contributed by atoms with E-state index in [0.717, 1.165) is 0 Å². The molecule has 1 rings (SSSR count). The first-order valence-corrected chi connectivity index (χ1v) is 6.23. The van der Waals surface area contributed by atoms with Crippen LogP contribution in [0.4, 0.5) is 0 Å². The van der Waals surface area contributed by atoms with Crippen LogP contribution >= 0.6 is 0 Å². The maximum absolute atomic E-state index is 3.47. The van der Waals surface area contributed by atoms with Gasteiger partial charge in [-0.1, -0.05) is 18.2 Å². The van der Waals surface area contributed by atoms with Crippen LogP contribution in [0.1, 0.15) is 36.6 Å². The van der Waals surface area contributed by atoms with Crippen LogP contribution in [0, 0.1) is 13.8 Å². The van der Waals surface area contributed by atoms with E-state index >= 15 is 0 Å². The van der Waals surface area contributed by atoms with Gasteiger partial charge in [-0.05, 0) is 65.5 Å². The predicted molar refractivity (Wildman–Crippen MR) is 75.5 cm³/mol. The maximum atomic E-state index is 3.47. The zero-order valence-corrected chi connectivity index (χ0v) is 12.3. The van der Waals surface area contributed by atoms with Crippen molar-refractivity contribution in [3.8, 4) is 0 Å². The lowest BCUT2D eigenvalue weighted by Gasteiger charge is -2.41. The van der Waals surface area contributed by atoms with Crippen molar-refractivity contribution in [3.63, 3.8) is 0 Å². The Balaban J connectivity index is 3.23. The lowest BCUT2D eigenvalue weighted by Crippen LogP contribution is -2.48. The lowest BCUT2D eigenvalue weighted by atomic mass is 9.84. The van der Waals surface area contributed by atoms with Gasteiger partial charge in [0.1, 0.15) is 0 Å². The molecule has 1 N–H and O–H groups in total. The van der Waals surface area contributed by atoms with Crippen molar-refractivity contribution in [1.82, 2.24) is 10.2 Å². The lowest BCUT2D eigenvalue weighted by molar-refractivity contribution is 0.142. The topological polar surface area (TPSA) is 15.3 Å². The number of aryl methyl sites for hydroxylation is 1. The van der Waals surface area contributed by atoms with Gasteiger partial charge in [0.2, 0.25) is 0 Å². The van der Waals surface area contributed by atoms with E-state index in [2.05, 4.69) is 70.2 Å². The Bertz CT molecular complexity index is 381. The Morgan fingerprint density at radius 2 is 1.76 bits per heavy atom.